The Morgan fingerprint density at radius 2 is 1.65 bits per heavy atom. The van der Waals surface area contributed by atoms with E-state index in [0.717, 1.165) is 0 Å². The molecule has 0 amide bonds. The minimum atomic E-state index is -1.04. The Hall–Kier alpha value is -3.19. The smallest absolute Gasteiger partial charge is 0.189 e. The maximum atomic E-state index is 10.1. The van der Waals surface area contributed by atoms with E-state index in [0.29, 0.717) is 4.52 Å². The Bertz CT molecular complexity index is 590. The normalized spacial score (nSPS) is 10.1. The van der Waals surface area contributed by atoms with Crippen LogP contribution >= 0.6 is 0 Å². The van der Waals surface area contributed by atoms with Gasteiger partial charge < -0.3 is 9.61 Å². The second kappa shape index (κ2) is 3.76. The highest BCUT2D eigenvalue weighted by Crippen LogP contribution is 2.16. The van der Waals surface area contributed by atoms with Crippen LogP contribution in [-0.4, -0.2) is 40.1 Å². The van der Waals surface area contributed by atoms with Crippen molar-refractivity contribution < 1.29 is 10.1 Å². The van der Waals surface area contributed by atoms with Crippen LogP contribution in [0.4, 0.5) is 11.9 Å². The monoisotopic (exact) mass is 240 g/mol. The Morgan fingerprint density at radius 1 is 1.00 bits per heavy atom. The van der Waals surface area contributed by atoms with Gasteiger partial charge in [-0.1, -0.05) is 10.9 Å². The van der Waals surface area contributed by atoms with Gasteiger partial charge in [0, 0.05) is 0 Å². The van der Waals surface area contributed by atoms with Crippen molar-refractivity contribution in [1.82, 2.24) is 30.0 Å². The van der Waals surface area contributed by atoms with Crippen LogP contribution in [0, 0.1) is 20.2 Å². The molecule has 0 aliphatic heterocycles. The van der Waals surface area contributed by atoms with Crippen molar-refractivity contribution in [3.05, 3.63) is 31.1 Å². The molecule has 14 nitrogen and oxygen atoms in total. The molecule has 0 saturated carbocycles. The Balaban J connectivity index is 2.42. The van der Waals surface area contributed by atoms with Crippen LogP contribution < -0.4 is 0 Å². The first kappa shape index (κ1) is 10.3. The molecule has 0 bridgehead atoms. The summed E-state index contributed by atoms with van der Waals surface area (Å²) >= 11 is 0. The van der Waals surface area contributed by atoms with E-state index in [9.17, 15) is 20.2 Å². The van der Waals surface area contributed by atoms with Crippen molar-refractivity contribution in [3.63, 3.8) is 0 Å². The molecule has 0 fully saturated rings. The molecular formula is C3N10O4-2. The first-order valence-corrected chi connectivity index (χ1v) is 3.74. The maximum absolute atomic E-state index is 10.1. The van der Waals surface area contributed by atoms with Crippen LogP contribution in [0.25, 0.3) is 16.6 Å². The number of fused-ring (bicyclic) bond motifs is 1. The average Bonchev–Trinajstić information content (AvgIpc) is 2.59. The summed E-state index contributed by atoms with van der Waals surface area (Å²) in [5.74, 6) is -1.31. The Labute approximate surface area is 89.9 Å². The van der Waals surface area contributed by atoms with Crippen molar-refractivity contribution in [3.8, 4) is 0 Å². The fourth-order valence-electron chi connectivity index (χ4n) is 0.863. The zero-order chi connectivity index (χ0) is 12.4. The second-order valence-corrected chi connectivity index (χ2v) is 2.39. The van der Waals surface area contributed by atoms with Crippen molar-refractivity contribution in [2.24, 2.45) is 0 Å². The number of nitro groups is 2. The molecule has 2 rings (SSSR count). The van der Waals surface area contributed by atoms with Crippen LogP contribution in [-0.2, 0) is 0 Å². The molecule has 0 atom stereocenters. The molecule has 0 aromatic carbocycles. The number of aromatic nitrogens is 6. The molecule has 2 heterocycles. The second-order valence-electron chi connectivity index (χ2n) is 2.39. The third-order valence-corrected chi connectivity index (χ3v) is 1.37. The largest absolute Gasteiger partial charge is 0.339 e. The van der Waals surface area contributed by atoms with Crippen LogP contribution in [0.2, 0.25) is 0 Å². The lowest BCUT2D eigenvalue weighted by Gasteiger charge is -2.08. The summed E-state index contributed by atoms with van der Waals surface area (Å²) < 4.78 is 0.706. The van der Waals surface area contributed by atoms with E-state index >= 15 is 0 Å². The van der Waals surface area contributed by atoms with Gasteiger partial charge in [-0.15, -0.1) is 0 Å². The molecule has 0 saturated heterocycles. The third kappa shape index (κ3) is 2.08. The highest BCUT2D eigenvalue weighted by Gasteiger charge is 2.02. The van der Waals surface area contributed by atoms with Gasteiger partial charge in [0.05, 0.1) is 0 Å². The van der Waals surface area contributed by atoms with Crippen molar-refractivity contribution in [1.29, 1.82) is 0 Å². The van der Waals surface area contributed by atoms with Gasteiger partial charge in [0.1, 0.15) is 22.0 Å². The zero-order valence-corrected chi connectivity index (χ0v) is 7.61. The first-order chi connectivity index (χ1) is 8.06. The zero-order valence-electron chi connectivity index (χ0n) is 7.61. The topological polar surface area (TPSA) is 183 Å². The summed E-state index contributed by atoms with van der Waals surface area (Å²) in [7, 11) is 0. The average molecular weight is 240 g/mol. The number of rotatable bonds is 4. The van der Waals surface area contributed by atoms with Gasteiger partial charge >= 0.3 is 0 Å². The molecule has 0 unspecified atom stereocenters. The van der Waals surface area contributed by atoms with Crippen LogP contribution in [0.15, 0.2) is 0 Å². The number of hydrogen-bond acceptors (Lipinski definition) is 9. The highest BCUT2D eigenvalue weighted by molar-refractivity contribution is 5.39. The quantitative estimate of drug-likeness (QED) is 0.492. The molecular weight excluding hydrogens is 240 g/mol. The fourth-order valence-corrected chi connectivity index (χ4v) is 0.863. The van der Waals surface area contributed by atoms with Crippen molar-refractivity contribution >= 4 is 17.7 Å². The lowest BCUT2D eigenvalue weighted by Crippen LogP contribution is -2.01. The molecule has 88 valence electrons. The van der Waals surface area contributed by atoms with Gasteiger partial charge in [0.2, 0.25) is 0 Å². The standard InChI is InChI=1S/C3N10O4/c14-12(15)9-1-4-5-2-6-7-3(10-13(16)17)11(2)8-1/q-2. The van der Waals surface area contributed by atoms with E-state index < -0.39 is 22.0 Å². The SMILES string of the molecule is O=[N+]([O-])[N-]c1nnc2nnc([N-][N+](=O)[O-])n2n1. The first-order valence-electron chi connectivity index (χ1n) is 3.74. The predicted molar refractivity (Wildman–Crippen MR) is 46.4 cm³/mol. The van der Waals surface area contributed by atoms with Crippen molar-refractivity contribution in [2.75, 3.05) is 0 Å². The maximum Gasteiger partial charge on any atom is 0.189 e. The van der Waals surface area contributed by atoms with E-state index in [1.54, 1.807) is 0 Å². The van der Waals surface area contributed by atoms with Crippen LogP contribution in [0.3, 0.4) is 0 Å². The molecule has 0 spiro atoms. The van der Waals surface area contributed by atoms with Crippen molar-refractivity contribution in [2.45, 2.75) is 0 Å². The minimum Gasteiger partial charge on any atom is -0.339 e. The minimum absolute atomic E-state index is 0.201. The van der Waals surface area contributed by atoms with Gasteiger partial charge in [0.25, 0.3) is 0 Å². The molecule has 0 radical (unpaired) electrons. The van der Waals surface area contributed by atoms with Gasteiger partial charge in [-0.2, -0.15) is 10.2 Å². The van der Waals surface area contributed by atoms with Gasteiger partial charge in [-0.25, -0.2) is 20.2 Å². The van der Waals surface area contributed by atoms with E-state index in [1.807, 2.05) is 0 Å². The number of hydrogen-bond donors (Lipinski definition) is 0. The fraction of sp³-hybridized carbons (Fsp3) is 0. The molecule has 14 heteroatoms. The Kier molecular flexibility index (Phi) is 2.28. The molecule has 2 aromatic rings. The van der Waals surface area contributed by atoms with Gasteiger partial charge in [0.15, 0.2) is 5.78 Å². The third-order valence-electron chi connectivity index (χ3n) is 1.37. The van der Waals surface area contributed by atoms with Gasteiger partial charge in [-0.05, 0) is 0 Å². The summed E-state index contributed by atoms with van der Waals surface area (Å²) in [6, 6.07) is 0. The molecule has 0 N–H and O–H groups in total. The highest BCUT2D eigenvalue weighted by atomic mass is 16.7. The summed E-state index contributed by atoms with van der Waals surface area (Å²) in [5.41, 5.74) is 5.60. The molecule has 0 aliphatic rings. The van der Waals surface area contributed by atoms with Crippen LogP contribution in [0.5, 0.6) is 0 Å². The molecule has 2 aromatic heterocycles. The Morgan fingerprint density at radius 3 is 2.29 bits per heavy atom. The van der Waals surface area contributed by atoms with Crippen LogP contribution in [0.1, 0.15) is 0 Å². The van der Waals surface area contributed by atoms with E-state index in [2.05, 4.69) is 36.3 Å². The lowest BCUT2D eigenvalue weighted by atomic mass is 11.0. The molecule has 0 aliphatic carbocycles. The molecule has 17 heavy (non-hydrogen) atoms. The predicted octanol–water partition coefficient (Wildman–Crippen LogP) is -0.692. The van der Waals surface area contributed by atoms with E-state index in [-0.39, 0.29) is 5.78 Å². The summed E-state index contributed by atoms with van der Waals surface area (Å²) in [6.07, 6.45) is 0. The summed E-state index contributed by atoms with van der Waals surface area (Å²) in [4.78, 5) is 20.2. The summed E-state index contributed by atoms with van der Waals surface area (Å²) in [6.45, 7) is 0. The van der Waals surface area contributed by atoms with Gasteiger partial charge in [-0.3, -0.25) is 10.2 Å². The van der Waals surface area contributed by atoms with E-state index in [4.69, 9.17) is 0 Å². The number of nitrogens with zero attached hydrogens (tertiary/aromatic N) is 10. The lowest BCUT2D eigenvalue weighted by molar-refractivity contribution is -0.420. The van der Waals surface area contributed by atoms with E-state index in [1.165, 1.54) is 0 Å². The summed E-state index contributed by atoms with van der Waals surface area (Å²) in [5, 5.41) is 34.8.